The molecule has 0 aliphatic carbocycles. The van der Waals surface area contributed by atoms with Gasteiger partial charge in [-0.25, -0.2) is 0 Å². The normalized spacial score (nSPS) is 19.7. The van der Waals surface area contributed by atoms with E-state index < -0.39 is 5.92 Å². The van der Waals surface area contributed by atoms with Crippen molar-refractivity contribution in [2.24, 2.45) is 7.05 Å². The summed E-state index contributed by atoms with van der Waals surface area (Å²) in [5.74, 6) is -0.506. The van der Waals surface area contributed by atoms with Crippen molar-refractivity contribution < 1.29 is 9.59 Å². The van der Waals surface area contributed by atoms with Crippen LogP contribution in [-0.4, -0.2) is 52.9 Å². The molecule has 0 saturated carbocycles. The van der Waals surface area contributed by atoms with Crippen LogP contribution in [0.4, 0.5) is 0 Å². The monoisotopic (exact) mass is 484 g/mol. The van der Waals surface area contributed by atoms with Crippen LogP contribution in [0, 0.1) is 13.8 Å². The number of rotatable bonds is 6. The van der Waals surface area contributed by atoms with Crippen LogP contribution in [0.25, 0.3) is 0 Å². The predicted molar refractivity (Wildman–Crippen MR) is 142 cm³/mol. The van der Waals surface area contributed by atoms with Crippen LogP contribution in [0.15, 0.2) is 54.7 Å². The van der Waals surface area contributed by atoms with Gasteiger partial charge in [0.1, 0.15) is 0 Å². The summed E-state index contributed by atoms with van der Waals surface area (Å²) >= 11 is 0. The first-order chi connectivity index (χ1) is 17.4. The van der Waals surface area contributed by atoms with E-state index in [4.69, 9.17) is 0 Å². The smallest absolute Gasteiger partial charge is 0.254 e. The highest BCUT2D eigenvalue weighted by Crippen LogP contribution is 2.43. The quantitative estimate of drug-likeness (QED) is 0.536. The highest BCUT2D eigenvalue weighted by molar-refractivity contribution is 6.01. The number of aromatic nitrogens is 1. The van der Waals surface area contributed by atoms with Crippen LogP contribution in [-0.2, 0) is 24.8 Å². The van der Waals surface area contributed by atoms with E-state index >= 15 is 0 Å². The summed E-state index contributed by atoms with van der Waals surface area (Å²) in [6.07, 6.45) is 4.05. The Morgan fingerprint density at radius 3 is 2.47 bits per heavy atom. The van der Waals surface area contributed by atoms with Gasteiger partial charge in [0, 0.05) is 57.7 Å². The van der Waals surface area contributed by atoms with E-state index in [1.807, 2.05) is 38.4 Å². The number of likely N-dealkylation sites (N-methyl/N-ethyl adjacent to an activating group) is 1. The maximum atomic E-state index is 13.7. The highest BCUT2D eigenvalue weighted by atomic mass is 16.2. The summed E-state index contributed by atoms with van der Waals surface area (Å²) in [7, 11) is 3.83. The average molecular weight is 485 g/mol. The molecule has 2 amide bonds. The topological polar surface area (TPSA) is 57.6 Å². The fraction of sp³-hybridized carbons (Fsp3) is 0.400. The number of aryl methyl sites for hydroxylation is 1. The number of carbonyl (C=O) groups excluding carboxylic acids is 2. The Hall–Kier alpha value is -3.38. The second-order valence-electron chi connectivity index (χ2n) is 10.3. The lowest BCUT2D eigenvalue weighted by atomic mass is 9.79. The van der Waals surface area contributed by atoms with Crippen LogP contribution in [0.3, 0.4) is 0 Å². The van der Waals surface area contributed by atoms with E-state index in [9.17, 15) is 9.59 Å². The Balaban J connectivity index is 1.32. The molecule has 2 aromatic carbocycles. The molecule has 0 saturated heterocycles. The second kappa shape index (κ2) is 9.94. The molecular weight excluding hydrogens is 448 g/mol. The minimum absolute atomic E-state index is 0.0169. The zero-order chi connectivity index (χ0) is 25.4. The van der Waals surface area contributed by atoms with Crippen molar-refractivity contribution in [3.8, 4) is 0 Å². The molecule has 0 radical (unpaired) electrons. The molecule has 0 bridgehead atoms. The maximum absolute atomic E-state index is 13.7. The molecule has 0 fully saturated rings. The van der Waals surface area contributed by atoms with Gasteiger partial charge in [-0.1, -0.05) is 42.5 Å². The Labute approximate surface area is 213 Å². The Morgan fingerprint density at radius 2 is 1.72 bits per heavy atom. The average Bonchev–Trinajstić information content (AvgIpc) is 3.15. The zero-order valence-electron chi connectivity index (χ0n) is 21.8. The lowest BCUT2D eigenvalue weighted by Crippen LogP contribution is -2.46. The molecule has 36 heavy (non-hydrogen) atoms. The largest absolute Gasteiger partial charge is 0.355 e. The van der Waals surface area contributed by atoms with E-state index in [1.54, 1.807) is 4.90 Å². The Kier molecular flexibility index (Phi) is 6.71. The summed E-state index contributed by atoms with van der Waals surface area (Å²) in [4.78, 5) is 31.2. The van der Waals surface area contributed by atoms with E-state index in [0.717, 1.165) is 54.9 Å². The molecule has 2 atom stereocenters. The summed E-state index contributed by atoms with van der Waals surface area (Å²) < 4.78 is 2.08. The van der Waals surface area contributed by atoms with Crippen LogP contribution in [0.1, 0.15) is 62.2 Å². The lowest BCUT2D eigenvalue weighted by molar-refractivity contribution is -0.124. The van der Waals surface area contributed by atoms with Crippen molar-refractivity contribution in [2.45, 2.75) is 45.2 Å². The molecule has 6 heteroatoms. The molecule has 3 heterocycles. The third-order valence-electron chi connectivity index (χ3n) is 8.18. The van der Waals surface area contributed by atoms with E-state index in [1.165, 1.54) is 11.1 Å². The van der Waals surface area contributed by atoms with Crippen LogP contribution >= 0.6 is 0 Å². The number of hydrogen-bond donors (Lipinski definition) is 1. The minimum atomic E-state index is -0.453. The number of amides is 2. The van der Waals surface area contributed by atoms with Crippen molar-refractivity contribution in [3.63, 3.8) is 0 Å². The second-order valence-corrected chi connectivity index (χ2v) is 10.3. The molecule has 6 nitrogen and oxygen atoms in total. The highest BCUT2D eigenvalue weighted by Gasteiger charge is 2.43. The van der Waals surface area contributed by atoms with Gasteiger partial charge >= 0.3 is 0 Å². The number of nitrogens with zero attached hydrogens (tertiary/aromatic N) is 3. The maximum Gasteiger partial charge on any atom is 0.254 e. The van der Waals surface area contributed by atoms with Gasteiger partial charge in [0.15, 0.2) is 0 Å². The fourth-order valence-electron chi connectivity index (χ4n) is 5.89. The number of benzene rings is 2. The standard InChI is InChI=1S/C30H36N4O2/c1-20-21(2)32(3)19-26(20)28-27(24-12-7-8-13-25(24)30(36)33(28)4)29(35)31-15-9-16-34-17-14-22-10-5-6-11-23(22)18-34/h5-8,10-13,19,27-28H,9,14-18H2,1-4H3,(H,31,35). The Morgan fingerprint density at radius 1 is 1.00 bits per heavy atom. The lowest BCUT2D eigenvalue weighted by Gasteiger charge is -2.39. The first-order valence-corrected chi connectivity index (χ1v) is 12.9. The van der Waals surface area contributed by atoms with Gasteiger partial charge in [0.2, 0.25) is 5.91 Å². The van der Waals surface area contributed by atoms with Gasteiger partial charge in [-0.3, -0.25) is 14.5 Å². The third kappa shape index (κ3) is 4.35. The number of hydrogen-bond acceptors (Lipinski definition) is 3. The molecular formula is C30H36N4O2. The molecule has 1 N–H and O–H groups in total. The predicted octanol–water partition coefficient (Wildman–Crippen LogP) is 4.12. The van der Waals surface area contributed by atoms with Crippen molar-refractivity contribution in [1.82, 2.24) is 19.7 Å². The van der Waals surface area contributed by atoms with E-state index in [0.29, 0.717) is 12.1 Å². The van der Waals surface area contributed by atoms with Crippen LogP contribution in [0.2, 0.25) is 0 Å². The zero-order valence-corrected chi connectivity index (χ0v) is 21.8. The molecule has 1 aromatic heterocycles. The van der Waals surface area contributed by atoms with Gasteiger partial charge in [0.25, 0.3) is 5.91 Å². The summed E-state index contributed by atoms with van der Waals surface area (Å²) in [5, 5.41) is 3.22. The molecule has 5 rings (SSSR count). The van der Waals surface area contributed by atoms with E-state index in [2.05, 4.69) is 59.1 Å². The van der Waals surface area contributed by atoms with Crippen molar-refractivity contribution >= 4 is 11.8 Å². The molecule has 0 spiro atoms. The summed E-state index contributed by atoms with van der Waals surface area (Å²) in [6, 6.07) is 15.9. The SMILES string of the molecule is Cc1c(C2C(C(=O)NCCCN3CCc4ccccc4C3)c3ccccc3C(=O)N2C)cn(C)c1C. The first kappa shape index (κ1) is 24.3. The number of nitrogens with one attached hydrogen (secondary N) is 1. The minimum Gasteiger partial charge on any atom is -0.355 e. The molecule has 3 aromatic rings. The van der Waals surface area contributed by atoms with Crippen LogP contribution < -0.4 is 5.32 Å². The first-order valence-electron chi connectivity index (χ1n) is 12.9. The van der Waals surface area contributed by atoms with Crippen molar-refractivity contribution in [2.75, 3.05) is 26.7 Å². The fourth-order valence-corrected chi connectivity index (χ4v) is 5.89. The van der Waals surface area contributed by atoms with Gasteiger partial charge in [-0.05, 0) is 60.6 Å². The molecule has 2 aliphatic heterocycles. The van der Waals surface area contributed by atoms with Gasteiger partial charge in [-0.15, -0.1) is 0 Å². The van der Waals surface area contributed by atoms with Crippen molar-refractivity contribution in [1.29, 1.82) is 0 Å². The summed E-state index contributed by atoms with van der Waals surface area (Å²) in [6.45, 7) is 7.76. The van der Waals surface area contributed by atoms with E-state index in [-0.39, 0.29) is 17.9 Å². The van der Waals surface area contributed by atoms with Gasteiger partial charge in [0.05, 0.1) is 12.0 Å². The van der Waals surface area contributed by atoms with Gasteiger partial charge < -0.3 is 14.8 Å². The number of fused-ring (bicyclic) bond motifs is 2. The molecule has 2 unspecified atom stereocenters. The van der Waals surface area contributed by atoms with Gasteiger partial charge in [-0.2, -0.15) is 0 Å². The third-order valence-corrected chi connectivity index (χ3v) is 8.18. The Bertz CT molecular complexity index is 1290. The van der Waals surface area contributed by atoms with Crippen LogP contribution in [0.5, 0.6) is 0 Å². The molecule has 2 aliphatic rings. The summed E-state index contributed by atoms with van der Waals surface area (Å²) in [5.41, 5.74) is 7.61. The number of carbonyl (C=O) groups is 2. The molecule has 188 valence electrons. The van der Waals surface area contributed by atoms with Crippen molar-refractivity contribution in [3.05, 3.63) is 93.8 Å².